The van der Waals surface area contributed by atoms with Crippen LogP contribution >= 0.6 is 0 Å². The van der Waals surface area contributed by atoms with Crippen molar-refractivity contribution in [1.29, 1.82) is 0 Å². The van der Waals surface area contributed by atoms with Gasteiger partial charge >= 0.3 is 0 Å². The second kappa shape index (κ2) is 4.34. The Morgan fingerprint density at radius 3 is 2.50 bits per heavy atom. The van der Waals surface area contributed by atoms with E-state index in [0.29, 0.717) is 11.6 Å². The second-order valence-electron chi connectivity index (χ2n) is 3.16. The van der Waals surface area contributed by atoms with Crippen LogP contribution in [0.4, 0.5) is 5.82 Å². The highest BCUT2D eigenvalue weighted by molar-refractivity contribution is 5.44. The molecule has 3 N–H and O–H groups in total. The quantitative estimate of drug-likeness (QED) is 0.559. The second-order valence-corrected chi connectivity index (χ2v) is 3.16. The molecule has 1 rings (SSSR count). The van der Waals surface area contributed by atoms with Gasteiger partial charge in [0.1, 0.15) is 11.9 Å². The number of hydrazine groups is 1. The maximum atomic E-state index is 5.35. The van der Waals surface area contributed by atoms with E-state index < -0.39 is 0 Å². The van der Waals surface area contributed by atoms with Crippen molar-refractivity contribution in [2.75, 3.05) is 12.5 Å². The molecule has 0 aliphatic carbocycles. The van der Waals surface area contributed by atoms with Gasteiger partial charge in [0.2, 0.25) is 0 Å². The predicted molar refractivity (Wildman–Crippen MR) is 54.7 cm³/mol. The molecule has 1 heterocycles. The van der Waals surface area contributed by atoms with Crippen LogP contribution in [0, 0.1) is 13.8 Å². The number of nitrogens with one attached hydrogen (secondary N) is 1. The summed E-state index contributed by atoms with van der Waals surface area (Å²) in [5.41, 5.74) is 4.42. The van der Waals surface area contributed by atoms with Gasteiger partial charge in [0.15, 0.2) is 5.82 Å². The van der Waals surface area contributed by atoms with Gasteiger partial charge in [-0.3, -0.25) is 0 Å². The highest BCUT2D eigenvalue weighted by Crippen LogP contribution is 2.18. The zero-order valence-corrected chi connectivity index (χ0v) is 8.96. The number of aromatic nitrogens is 2. The van der Waals surface area contributed by atoms with Gasteiger partial charge in [-0.1, -0.05) is 0 Å². The Hall–Kier alpha value is -1.20. The Bertz CT molecular complexity index is 327. The van der Waals surface area contributed by atoms with E-state index in [4.69, 9.17) is 10.6 Å². The van der Waals surface area contributed by atoms with Crippen molar-refractivity contribution >= 4 is 5.82 Å². The minimum Gasteiger partial charge on any atom is -0.374 e. The topological polar surface area (TPSA) is 73.1 Å². The van der Waals surface area contributed by atoms with Gasteiger partial charge < -0.3 is 10.2 Å². The summed E-state index contributed by atoms with van der Waals surface area (Å²) in [7, 11) is 1.62. The Kier molecular flexibility index (Phi) is 3.38. The first kappa shape index (κ1) is 10.9. The summed E-state index contributed by atoms with van der Waals surface area (Å²) in [6.45, 7) is 5.74. The molecule has 5 heteroatoms. The number of hydrogen-bond donors (Lipinski definition) is 2. The molecule has 1 unspecified atom stereocenters. The molecule has 5 nitrogen and oxygen atoms in total. The van der Waals surface area contributed by atoms with Crippen LogP contribution in [0.25, 0.3) is 0 Å². The van der Waals surface area contributed by atoms with Crippen molar-refractivity contribution in [1.82, 2.24) is 9.97 Å². The molecule has 78 valence electrons. The molecular weight excluding hydrogens is 180 g/mol. The average Bonchev–Trinajstić information content (AvgIpc) is 2.20. The van der Waals surface area contributed by atoms with Gasteiger partial charge in [0, 0.05) is 18.4 Å². The number of hydrogen-bond acceptors (Lipinski definition) is 5. The van der Waals surface area contributed by atoms with E-state index in [1.807, 2.05) is 20.8 Å². The van der Waals surface area contributed by atoms with Crippen molar-refractivity contribution in [3.05, 3.63) is 17.1 Å². The zero-order chi connectivity index (χ0) is 10.7. The number of nitrogen functional groups attached to an aromatic ring is 1. The lowest BCUT2D eigenvalue weighted by molar-refractivity contribution is 0.112. The number of nitrogens with zero attached hydrogens (tertiary/aromatic N) is 2. The smallest absolute Gasteiger partial charge is 0.159 e. The number of nitrogens with two attached hydrogens (primary N) is 1. The number of anilines is 1. The summed E-state index contributed by atoms with van der Waals surface area (Å²) in [6.07, 6.45) is -0.124. The normalized spacial score (nSPS) is 12.6. The van der Waals surface area contributed by atoms with Crippen molar-refractivity contribution in [3.8, 4) is 0 Å². The predicted octanol–water partition coefficient (Wildman–Crippen LogP) is 1.09. The number of aryl methyl sites for hydroxylation is 1. The highest BCUT2D eigenvalue weighted by atomic mass is 16.5. The SMILES string of the molecule is COC(C)c1nc(C)c(C)c(NN)n1. The molecule has 1 aromatic rings. The molecule has 0 saturated carbocycles. The minimum atomic E-state index is -0.124. The van der Waals surface area contributed by atoms with Gasteiger partial charge in [-0.15, -0.1) is 0 Å². The molecule has 0 saturated heterocycles. The fourth-order valence-electron chi connectivity index (χ4n) is 1.08. The minimum absolute atomic E-state index is 0.124. The van der Waals surface area contributed by atoms with E-state index in [2.05, 4.69) is 15.4 Å². The third-order valence-electron chi connectivity index (χ3n) is 2.26. The Labute approximate surface area is 83.7 Å². The molecular formula is C9H16N4O. The molecule has 0 spiro atoms. The standard InChI is InChI=1S/C9H16N4O/c1-5-6(2)11-9(7(3)14-4)12-8(5)13-10/h7H,10H2,1-4H3,(H,11,12,13). The van der Waals surface area contributed by atoms with Gasteiger partial charge in [0.05, 0.1) is 0 Å². The van der Waals surface area contributed by atoms with E-state index in [0.717, 1.165) is 11.3 Å². The number of rotatable bonds is 3. The van der Waals surface area contributed by atoms with Crippen LogP contribution < -0.4 is 11.3 Å². The van der Waals surface area contributed by atoms with Crippen molar-refractivity contribution in [2.24, 2.45) is 5.84 Å². The summed E-state index contributed by atoms with van der Waals surface area (Å²) in [5, 5.41) is 0. The van der Waals surface area contributed by atoms with E-state index in [9.17, 15) is 0 Å². The van der Waals surface area contributed by atoms with Crippen LogP contribution in [0.5, 0.6) is 0 Å². The van der Waals surface area contributed by atoms with Crippen LogP contribution in [0.1, 0.15) is 30.1 Å². The van der Waals surface area contributed by atoms with Crippen molar-refractivity contribution in [3.63, 3.8) is 0 Å². The monoisotopic (exact) mass is 196 g/mol. The van der Waals surface area contributed by atoms with Gasteiger partial charge in [-0.2, -0.15) is 0 Å². The molecule has 0 bridgehead atoms. The summed E-state index contributed by atoms with van der Waals surface area (Å²) < 4.78 is 5.14. The summed E-state index contributed by atoms with van der Waals surface area (Å²) in [4.78, 5) is 8.57. The lowest BCUT2D eigenvalue weighted by atomic mass is 10.2. The molecule has 14 heavy (non-hydrogen) atoms. The molecule has 0 radical (unpaired) electrons. The Morgan fingerprint density at radius 1 is 1.36 bits per heavy atom. The first-order valence-electron chi connectivity index (χ1n) is 4.44. The Balaban J connectivity index is 3.16. The average molecular weight is 196 g/mol. The summed E-state index contributed by atoms with van der Waals surface area (Å²) in [5.74, 6) is 6.64. The first-order chi connectivity index (χ1) is 6.60. The fourth-order valence-corrected chi connectivity index (χ4v) is 1.08. The van der Waals surface area contributed by atoms with Crippen molar-refractivity contribution in [2.45, 2.75) is 26.9 Å². The molecule has 0 aliphatic heterocycles. The fraction of sp³-hybridized carbons (Fsp3) is 0.556. The van der Waals surface area contributed by atoms with Crippen LogP contribution in [-0.4, -0.2) is 17.1 Å². The van der Waals surface area contributed by atoms with E-state index in [-0.39, 0.29) is 6.10 Å². The van der Waals surface area contributed by atoms with Gasteiger partial charge in [-0.05, 0) is 20.8 Å². The first-order valence-corrected chi connectivity index (χ1v) is 4.44. The van der Waals surface area contributed by atoms with Gasteiger partial charge in [-0.25, -0.2) is 15.8 Å². The number of ether oxygens (including phenoxy) is 1. The molecule has 0 aromatic carbocycles. The summed E-state index contributed by atoms with van der Waals surface area (Å²) >= 11 is 0. The third-order valence-corrected chi connectivity index (χ3v) is 2.26. The molecule has 1 aromatic heterocycles. The van der Waals surface area contributed by atoms with Crippen LogP contribution in [0.3, 0.4) is 0 Å². The van der Waals surface area contributed by atoms with Gasteiger partial charge in [0.25, 0.3) is 0 Å². The summed E-state index contributed by atoms with van der Waals surface area (Å²) in [6, 6.07) is 0. The lowest BCUT2D eigenvalue weighted by Gasteiger charge is -2.12. The van der Waals surface area contributed by atoms with E-state index in [1.54, 1.807) is 7.11 Å². The number of methoxy groups -OCH3 is 1. The zero-order valence-electron chi connectivity index (χ0n) is 8.96. The van der Waals surface area contributed by atoms with Crippen LogP contribution in [-0.2, 0) is 4.74 Å². The molecule has 1 atom stereocenters. The molecule has 0 aliphatic rings. The highest BCUT2D eigenvalue weighted by Gasteiger charge is 2.11. The van der Waals surface area contributed by atoms with Crippen LogP contribution in [0.2, 0.25) is 0 Å². The van der Waals surface area contributed by atoms with Crippen molar-refractivity contribution < 1.29 is 4.74 Å². The van der Waals surface area contributed by atoms with E-state index in [1.165, 1.54) is 0 Å². The Morgan fingerprint density at radius 2 is 2.00 bits per heavy atom. The lowest BCUT2D eigenvalue weighted by Crippen LogP contribution is -2.14. The third kappa shape index (κ3) is 2.00. The maximum absolute atomic E-state index is 5.35. The largest absolute Gasteiger partial charge is 0.374 e. The molecule has 0 amide bonds. The van der Waals surface area contributed by atoms with Crippen LogP contribution in [0.15, 0.2) is 0 Å². The maximum Gasteiger partial charge on any atom is 0.159 e. The molecule has 0 fully saturated rings. The van der Waals surface area contributed by atoms with E-state index >= 15 is 0 Å².